The van der Waals surface area contributed by atoms with Gasteiger partial charge in [0.1, 0.15) is 0 Å². The molecule has 0 saturated carbocycles. The number of nitrogens with zero attached hydrogens (tertiary/aromatic N) is 2. The van der Waals surface area contributed by atoms with Gasteiger partial charge < -0.3 is 16.0 Å². The van der Waals surface area contributed by atoms with Crippen LogP contribution in [0.25, 0.3) is 0 Å². The lowest BCUT2D eigenvalue weighted by molar-refractivity contribution is -0.387. The summed E-state index contributed by atoms with van der Waals surface area (Å²) in [6.45, 7) is 3.56. The minimum absolute atomic E-state index is 0. The lowest BCUT2D eigenvalue weighted by Gasteiger charge is -2.38. The molecule has 2 amide bonds. The van der Waals surface area contributed by atoms with Gasteiger partial charge in [0.2, 0.25) is 11.8 Å². The number of nitro groups is 1. The average Bonchev–Trinajstić information content (AvgIpc) is 3.08. The van der Waals surface area contributed by atoms with Crippen molar-refractivity contribution in [3.05, 3.63) is 33.9 Å². The van der Waals surface area contributed by atoms with E-state index in [9.17, 15) is 19.7 Å². The zero-order valence-electron chi connectivity index (χ0n) is 14.8. The van der Waals surface area contributed by atoms with Crippen LogP contribution in [0.3, 0.4) is 0 Å². The van der Waals surface area contributed by atoms with Gasteiger partial charge in [-0.05, 0) is 43.4 Å². The molecule has 1 aromatic carbocycles. The largest absolute Gasteiger partial charge is 0.366 e. The van der Waals surface area contributed by atoms with Crippen molar-refractivity contribution < 1.29 is 14.5 Å². The number of halogens is 1. The first kappa shape index (κ1) is 21.5. The second kappa shape index (κ2) is 8.90. The van der Waals surface area contributed by atoms with Gasteiger partial charge in [-0.15, -0.1) is 24.2 Å². The molecule has 0 radical (unpaired) electrons. The van der Waals surface area contributed by atoms with Crippen LogP contribution in [0, 0.1) is 15.5 Å². The number of carbonyl (C=O) groups excluding carboxylic acids is 2. The lowest BCUT2D eigenvalue weighted by atomic mass is 9.78. The highest BCUT2D eigenvalue weighted by Crippen LogP contribution is 2.37. The van der Waals surface area contributed by atoms with E-state index in [2.05, 4.69) is 5.32 Å². The van der Waals surface area contributed by atoms with Crippen LogP contribution in [0.1, 0.15) is 29.6 Å². The normalized spacial score (nSPS) is 18.1. The van der Waals surface area contributed by atoms with Crippen LogP contribution in [-0.4, -0.2) is 53.6 Å². The Kier molecular flexibility index (Phi) is 7.07. The van der Waals surface area contributed by atoms with Crippen molar-refractivity contribution in [2.24, 2.45) is 11.1 Å². The van der Waals surface area contributed by atoms with Gasteiger partial charge >= 0.3 is 0 Å². The Hall–Kier alpha value is -1.84. The van der Waals surface area contributed by atoms with Crippen LogP contribution in [-0.2, 0) is 4.79 Å². The molecule has 3 N–H and O–H groups in total. The van der Waals surface area contributed by atoms with Crippen molar-refractivity contribution >= 4 is 41.7 Å². The zero-order chi connectivity index (χ0) is 18.7. The molecule has 10 heteroatoms. The fourth-order valence-corrected chi connectivity index (χ4v) is 4.53. The maximum absolute atomic E-state index is 12.5. The highest BCUT2D eigenvalue weighted by molar-refractivity contribution is 8.00. The Morgan fingerprint density at radius 1 is 1.30 bits per heavy atom. The molecule has 2 aliphatic heterocycles. The number of hydrogen-bond acceptors (Lipinski definition) is 6. The second-order valence-electron chi connectivity index (χ2n) is 6.90. The van der Waals surface area contributed by atoms with Crippen molar-refractivity contribution in [1.29, 1.82) is 0 Å². The van der Waals surface area contributed by atoms with Crippen molar-refractivity contribution in [3.8, 4) is 0 Å². The quantitative estimate of drug-likeness (QED) is 0.431. The van der Waals surface area contributed by atoms with E-state index in [0.717, 1.165) is 56.8 Å². The number of amides is 2. The fourth-order valence-electron chi connectivity index (χ4n) is 3.62. The summed E-state index contributed by atoms with van der Waals surface area (Å²) in [5.74, 6) is -0.587. The number of primary amides is 1. The molecule has 2 heterocycles. The molecule has 0 aromatic heterocycles. The number of likely N-dealkylation sites (tertiary alicyclic amines) is 1. The number of nitro benzene ring substituents is 1. The summed E-state index contributed by atoms with van der Waals surface area (Å²) in [6, 6.07) is 4.08. The molecule has 2 saturated heterocycles. The van der Waals surface area contributed by atoms with Gasteiger partial charge in [-0.3, -0.25) is 19.7 Å². The van der Waals surface area contributed by atoms with Gasteiger partial charge in [-0.25, -0.2) is 0 Å². The van der Waals surface area contributed by atoms with Crippen LogP contribution >= 0.6 is 24.2 Å². The molecule has 0 unspecified atom stereocenters. The van der Waals surface area contributed by atoms with Gasteiger partial charge in [0.25, 0.3) is 5.69 Å². The SMILES string of the molecule is Cl.NC(=O)c1ccc(SCC(=O)N2CCC3(CCNC3)CC2)c([N+](=O)[O-])c1. The Balaban J connectivity index is 0.00000261. The van der Waals surface area contributed by atoms with Gasteiger partial charge in [0.05, 0.1) is 15.6 Å². The van der Waals surface area contributed by atoms with Crippen LogP contribution < -0.4 is 11.1 Å². The van der Waals surface area contributed by atoms with E-state index in [1.807, 2.05) is 4.90 Å². The number of nitrogens with one attached hydrogen (secondary N) is 1. The summed E-state index contributed by atoms with van der Waals surface area (Å²) in [6.07, 6.45) is 3.18. The molecule has 2 aliphatic rings. The van der Waals surface area contributed by atoms with Crippen LogP contribution in [0.15, 0.2) is 23.1 Å². The van der Waals surface area contributed by atoms with Gasteiger partial charge in [0, 0.05) is 31.3 Å². The number of thioether (sulfide) groups is 1. The first-order valence-electron chi connectivity index (χ1n) is 8.60. The number of piperidine rings is 1. The third-order valence-electron chi connectivity index (χ3n) is 5.30. The van der Waals surface area contributed by atoms with Crippen molar-refractivity contribution in [2.75, 3.05) is 31.9 Å². The second-order valence-corrected chi connectivity index (χ2v) is 7.92. The molecule has 0 bridgehead atoms. The molecular formula is C17H23ClN4O4S. The Morgan fingerprint density at radius 2 is 2.00 bits per heavy atom. The number of rotatable bonds is 5. The first-order chi connectivity index (χ1) is 12.4. The Morgan fingerprint density at radius 3 is 2.56 bits per heavy atom. The number of nitrogens with two attached hydrogens (primary N) is 1. The van der Waals surface area contributed by atoms with Crippen molar-refractivity contribution in [2.45, 2.75) is 24.2 Å². The van der Waals surface area contributed by atoms with E-state index >= 15 is 0 Å². The summed E-state index contributed by atoms with van der Waals surface area (Å²) in [5.41, 5.74) is 5.39. The standard InChI is InChI=1S/C17H22N4O4S.ClH/c18-16(23)12-1-2-14(13(9-12)21(24)25)26-10-15(22)20-7-4-17(5-8-20)3-6-19-11-17;/h1-2,9,19H,3-8,10-11H2,(H2,18,23);1H. The molecule has 0 aliphatic carbocycles. The molecule has 1 spiro atoms. The molecule has 1 aromatic rings. The summed E-state index contributed by atoms with van der Waals surface area (Å²) in [7, 11) is 0. The van der Waals surface area contributed by atoms with Crippen LogP contribution in [0.4, 0.5) is 5.69 Å². The summed E-state index contributed by atoms with van der Waals surface area (Å²) < 4.78 is 0. The lowest BCUT2D eigenvalue weighted by Crippen LogP contribution is -2.44. The monoisotopic (exact) mass is 414 g/mol. The van der Waals surface area contributed by atoms with Crippen LogP contribution in [0.5, 0.6) is 0 Å². The van der Waals surface area contributed by atoms with E-state index in [1.54, 1.807) is 0 Å². The third kappa shape index (κ3) is 4.91. The zero-order valence-corrected chi connectivity index (χ0v) is 16.4. The van der Waals surface area contributed by atoms with Gasteiger partial charge in [0.15, 0.2) is 0 Å². The smallest absolute Gasteiger partial charge is 0.283 e. The minimum Gasteiger partial charge on any atom is -0.366 e. The predicted molar refractivity (Wildman–Crippen MR) is 105 cm³/mol. The highest BCUT2D eigenvalue weighted by atomic mass is 35.5. The maximum atomic E-state index is 12.5. The highest BCUT2D eigenvalue weighted by Gasteiger charge is 2.38. The molecule has 2 fully saturated rings. The average molecular weight is 415 g/mol. The van der Waals surface area contributed by atoms with E-state index in [4.69, 9.17) is 5.73 Å². The molecule has 0 atom stereocenters. The maximum Gasteiger partial charge on any atom is 0.283 e. The summed E-state index contributed by atoms with van der Waals surface area (Å²) in [5, 5.41) is 14.6. The molecular weight excluding hydrogens is 392 g/mol. The Labute approximate surface area is 167 Å². The number of benzene rings is 1. The van der Waals surface area contributed by atoms with Crippen molar-refractivity contribution in [1.82, 2.24) is 10.2 Å². The fraction of sp³-hybridized carbons (Fsp3) is 0.529. The van der Waals surface area contributed by atoms with Gasteiger partial charge in [-0.2, -0.15) is 0 Å². The molecule has 27 heavy (non-hydrogen) atoms. The number of carbonyl (C=O) groups is 2. The topological polar surface area (TPSA) is 119 Å². The molecule has 8 nitrogen and oxygen atoms in total. The van der Waals surface area contributed by atoms with Crippen molar-refractivity contribution in [3.63, 3.8) is 0 Å². The molecule has 148 valence electrons. The first-order valence-corrected chi connectivity index (χ1v) is 9.58. The minimum atomic E-state index is -0.718. The Bertz CT molecular complexity index is 730. The van der Waals surface area contributed by atoms with Crippen LogP contribution in [0.2, 0.25) is 0 Å². The van der Waals surface area contributed by atoms with E-state index in [1.165, 1.54) is 18.6 Å². The van der Waals surface area contributed by atoms with Gasteiger partial charge in [-0.1, -0.05) is 0 Å². The molecule has 3 rings (SSSR count). The number of hydrogen-bond donors (Lipinski definition) is 2. The summed E-state index contributed by atoms with van der Waals surface area (Å²) >= 11 is 1.12. The van der Waals surface area contributed by atoms with E-state index in [0.29, 0.717) is 10.3 Å². The summed E-state index contributed by atoms with van der Waals surface area (Å²) in [4.78, 5) is 36.5. The van der Waals surface area contributed by atoms with E-state index in [-0.39, 0.29) is 35.3 Å². The van der Waals surface area contributed by atoms with E-state index < -0.39 is 10.8 Å². The predicted octanol–water partition coefficient (Wildman–Crippen LogP) is 1.81. The third-order valence-corrected chi connectivity index (χ3v) is 6.35.